The van der Waals surface area contributed by atoms with Gasteiger partial charge in [-0.2, -0.15) is 0 Å². The van der Waals surface area contributed by atoms with E-state index in [1.54, 1.807) is 0 Å². The SMILES string of the molecule is NCC1(CC(=O)N(CC2CCOC2)C2CC2)CCC1. The Balaban J connectivity index is 1.57. The summed E-state index contributed by atoms with van der Waals surface area (Å²) in [6.07, 6.45) is 7.68. The first kappa shape index (κ1) is 13.4. The standard InChI is InChI=1S/C15H26N2O2/c16-11-15(5-1-6-15)8-14(18)17(13-2-3-13)9-12-4-7-19-10-12/h12-13H,1-11,16H2. The molecule has 1 saturated heterocycles. The smallest absolute Gasteiger partial charge is 0.223 e. The predicted molar refractivity (Wildman–Crippen MR) is 73.6 cm³/mol. The van der Waals surface area contributed by atoms with Gasteiger partial charge < -0.3 is 15.4 Å². The molecule has 1 aliphatic heterocycles. The van der Waals surface area contributed by atoms with Crippen LogP contribution in [0.2, 0.25) is 0 Å². The van der Waals surface area contributed by atoms with Crippen molar-refractivity contribution in [3.05, 3.63) is 0 Å². The molecule has 3 fully saturated rings. The van der Waals surface area contributed by atoms with E-state index in [2.05, 4.69) is 4.90 Å². The summed E-state index contributed by atoms with van der Waals surface area (Å²) in [6.45, 7) is 3.27. The minimum atomic E-state index is 0.135. The van der Waals surface area contributed by atoms with Gasteiger partial charge in [-0.1, -0.05) is 6.42 Å². The predicted octanol–water partition coefficient (Wildman–Crippen LogP) is 1.53. The third-order valence-electron chi connectivity index (χ3n) is 5.16. The summed E-state index contributed by atoms with van der Waals surface area (Å²) in [4.78, 5) is 14.8. The second-order valence-electron chi connectivity index (χ2n) is 6.74. The molecular formula is C15H26N2O2. The van der Waals surface area contributed by atoms with Gasteiger partial charge in [0.1, 0.15) is 0 Å². The van der Waals surface area contributed by atoms with Gasteiger partial charge in [0.05, 0.1) is 6.61 Å². The Morgan fingerprint density at radius 2 is 2.11 bits per heavy atom. The lowest BCUT2D eigenvalue weighted by Crippen LogP contribution is -2.45. The summed E-state index contributed by atoms with van der Waals surface area (Å²) in [5.41, 5.74) is 6.02. The van der Waals surface area contributed by atoms with Crippen molar-refractivity contribution >= 4 is 5.91 Å². The van der Waals surface area contributed by atoms with E-state index in [0.717, 1.165) is 39.0 Å². The molecule has 1 heterocycles. The molecule has 1 amide bonds. The molecule has 1 unspecified atom stereocenters. The van der Waals surface area contributed by atoms with Crippen LogP contribution in [0.3, 0.4) is 0 Å². The lowest BCUT2D eigenvalue weighted by molar-refractivity contribution is -0.136. The highest BCUT2D eigenvalue weighted by Crippen LogP contribution is 2.44. The van der Waals surface area contributed by atoms with Crippen molar-refractivity contribution in [2.75, 3.05) is 26.3 Å². The quantitative estimate of drug-likeness (QED) is 0.793. The topological polar surface area (TPSA) is 55.6 Å². The van der Waals surface area contributed by atoms with Crippen LogP contribution in [0.1, 0.15) is 44.9 Å². The average Bonchev–Trinajstić information content (AvgIpc) is 3.07. The summed E-state index contributed by atoms with van der Waals surface area (Å²) in [5.74, 6) is 0.902. The highest BCUT2D eigenvalue weighted by Gasteiger charge is 2.41. The number of rotatable bonds is 6. The monoisotopic (exact) mass is 266 g/mol. The Morgan fingerprint density at radius 1 is 1.32 bits per heavy atom. The lowest BCUT2D eigenvalue weighted by Gasteiger charge is -2.42. The normalized spacial score (nSPS) is 29.0. The molecular weight excluding hydrogens is 240 g/mol. The summed E-state index contributed by atoms with van der Waals surface area (Å²) in [7, 11) is 0. The van der Waals surface area contributed by atoms with Crippen molar-refractivity contribution in [2.45, 2.75) is 51.0 Å². The third kappa shape index (κ3) is 2.95. The van der Waals surface area contributed by atoms with Crippen molar-refractivity contribution in [1.82, 2.24) is 4.90 Å². The summed E-state index contributed by atoms with van der Waals surface area (Å²) in [6, 6.07) is 0.517. The van der Waals surface area contributed by atoms with E-state index in [4.69, 9.17) is 10.5 Å². The zero-order valence-corrected chi connectivity index (χ0v) is 11.8. The van der Waals surface area contributed by atoms with E-state index in [9.17, 15) is 4.79 Å². The van der Waals surface area contributed by atoms with Gasteiger partial charge in [-0.15, -0.1) is 0 Å². The summed E-state index contributed by atoms with van der Waals surface area (Å²) in [5, 5.41) is 0. The number of nitrogens with two attached hydrogens (primary N) is 1. The molecule has 4 nitrogen and oxygen atoms in total. The van der Waals surface area contributed by atoms with Crippen LogP contribution in [0.25, 0.3) is 0 Å². The van der Waals surface area contributed by atoms with Crippen molar-refractivity contribution in [2.24, 2.45) is 17.1 Å². The molecule has 2 N–H and O–H groups in total. The second-order valence-corrected chi connectivity index (χ2v) is 6.74. The number of amides is 1. The van der Waals surface area contributed by atoms with Crippen molar-refractivity contribution in [1.29, 1.82) is 0 Å². The second kappa shape index (κ2) is 5.41. The molecule has 3 rings (SSSR count). The number of carbonyl (C=O) groups is 1. The van der Waals surface area contributed by atoms with Crippen LogP contribution >= 0.6 is 0 Å². The Morgan fingerprint density at radius 3 is 2.58 bits per heavy atom. The summed E-state index contributed by atoms with van der Waals surface area (Å²) >= 11 is 0. The zero-order valence-electron chi connectivity index (χ0n) is 11.8. The number of hydrogen-bond donors (Lipinski definition) is 1. The van der Waals surface area contributed by atoms with Gasteiger partial charge in [-0.25, -0.2) is 0 Å². The maximum atomic E-state index is 12.6. The van der Waals surface area contributed by atoms with Gasteiger partial charge in [0.2, 0.25) is 5.91 Å². The average molecular weight is 266 g/mol. The Labute approximate surface area is 115 Å². The largest absolute Gasteiger partial charge is 0.381 e. The highest BCUT2D eigenvalue weighted by molar-refractivity contribution is 5.77. The van der Waals surface area contributed by atoms with Crippen LogP contribution in [0.4, 0.5) is 0 Å². The maximum Gasteiger partial charge on any atom is 0.223 e. The molecule has 3 aliphatic rings. The molecule has 108 valence electrons. The fourth-order valence-electron chi connectivity index (χ4n) is 3.40. The van der Waals surface area contributed by atoms with E-state index in [1.807, 2.05) is 0 Å². The van der Waals surface area contributed by atoms with E-state index in [1.165, 1.54) is 19.3 Å². The van der Waals surface area contributed by atoms with Crippen LogP contribution in [0.15, 0.2) is 0 Å². The Kier molecular flexibility index (Phi) is 3.81. The Hall–Kier alpha value is -0.610. The third-order valence-corrected chi connectivity index (χ3v) is 5.16. The number of ether oxygens (including phenoxy) is 1. The first-order valence-corrected chi connectivity index (χ1v) is 7.80. The van der Waals surface area contributed by atoms with Gasteiger partial charge in [0.25, 0.3) is 0 Å². The Bertz CT molecular complexity index is 326. The zero-order chi connectivity index (χ0) is 13.3. The number of carbonyl (C=O) groups excluding carboxylic acids is 1. The van der Waals surface area contributed by atoms with Crippen LogP contribution in [-0.2, 0) is 9.53 Å². The van der Waals surface area contributed by atoms with Gasteiger partial charge in [-0.3, -0.25) is 4.79 Å². The molecule has 0 aromatic carbocycles. The molecule has 2 aliphatic carbocycles. The molecule has 2 saturated carbocycles. The molecule has 1 atom stereocenters. The first-order valence-electron chi connectivity index (χ1n) is 7.80. The van der Waals surface area contributed by atoms with Crippen LogP contribution in [0.5, 0.6) is 0 Å². The van der Waals surface area contributed by atoms with Gasteiger partial charge in [-0.05, 0) is 44.1 Å². The summed E-state index contributed by atoms with van der Waals surface area (Å²) < 4.78 is 5.43. The van der Waals surface area contributed by atoms with Gasteiger partial charge in [0, 0.05) is 31.5 Å². The van der Waals surface area contributed by atoms with Crippen LogP contribution in [-0.4, -0.2) is 43.2 Å². The van der Waals surface area contributed by atoms with Gasteiger partial charge in [0.15, 0.2) is 0 Å². The van der Waals surface area contributed by atoms with Crippen molar-refractivity contribution in [3.8, 4) is 0 Å². The molecule has 0 radical (unpaired) electrons. The lowest BCUT2D eigenvalue weighted by atomic mass is 9.66. The van der Waals surface area contributed by atoms with E-state index < -0.39 is 0 Å². The maximum absolute atomic E-state index is 12.6. The fourth-order valence-corrected chi connectivity index (χ4v) is 3.40. The van der Waals surface area contributed by atoms with E-state index in [0.29, 0.717) is 30.8 Å². The van der Waals surface area contributed by atoms with E-state index >= 15 is 0 Å². The number of hydrogen-bond acceptors (Lipinski definition) is 3. The minimum absolute atomic E-state index is 0.135. The van der Waals surface area contributed by atoms with Crippen LogP contribution < -0.4 is 5.73 Å². The molecule has 0 aromatic heterocycles. The van der Waals surface area contributed by atoms with E-state index in [-0.39, 0.29) is 5.41 Å². The first-order chi connectivity index (χ1) is 9.22. The molecule has 4 heteroatoms. The fraction of sp³-hybridized carbons (Fsp3) is 0.933. The highest BCUT2D eigenvalue weighted by atomic mass is 16.5. The molecule has 0 bridgehead atoms. The van der Waals surface area contributed by atoms with Crippen molar-refractivity contribution in [3.63, 3.8) is 0 Å². The van der Waals surface area contributed by atoms with Crippen molar-refractivity contribution < 1.29 is 9.53 Å². The van der Waals surface area contributed by atoms with Crippen LogP contribution in [0, 0.1) is 11.3 Å². The molecule has 19 heavy (non-hydrogen) atoms. The number of nitrogens with zero attached hydrogens (tertiary/aromatic N) is 1. The molecule has 0 spiro atoms. The minimum Gasteiger partial charge on any atom is -0.381 e. The van der Waals surface area contributed by atoms with Gasteiger partial charge >= 0.3 is 0 Å². The molecule has 0 aromatic rings.